The van der Waals surface area contributed by atoms with Crippen molar-refractivity contribution in [1.29, 1.82) is 0 Å². The molecule has 1 amide bonds. The van der Waals surface area contributed by atoms with Crippen molar-refractivity contribution in [2.75, 3.05) is 19.6 Å². The van der Waals surface area contributed by atoms with Gasteiger partial charge in [0, 0.05) is 13.1 Å². The van der Waals surface area contributed by atoms with Gasteiger partial charge in [0.1, 0.15) is 0 Å². The summed E-state index contributed by atoms with van der Waals surface area (Å²) >= 11 is 0. The van der Waals surface area contributed by atoms with Gasteiger partial charge in [0.2, 0.25) is 0 Å². The van der Waals surface area contributed by atoms with Crippen molar-refractivity contribution in [2.24, 2.45) is 5.84 Å². The fraction of sp³-hybridized carbons (Fsp3) is 0.727. The topological polar surface area (TPSA) is 109 Å². The van der Waals surface area contributed by atoms with Gasteiger partial charge in [0.05, 0.1) is 18.3 Å². The number of β-amino-alcohol motifs (C(OH)–C–C–N with tert-alkyl or cyclic N) is 1. The number of hydrogen-bond donors (Lipinski definition) is 3. The summed E-state index contributed by atoms with van der Waals surface area (Å²) in [4.78, 5) is 13.4. The number of nitrogens with one attached hydrogen (secondary N) is 1. The molecule has 2 rings (SSSR count). The molecule has 1 atom stereocenters. The van der Waals surface area contributed by atoms with Gasteiger partial charge in [0.15, 0.2) is 5.69 Å². The lowest BCUT2D eigenvalue weighted by atomic mass is 9.95. The van der Waals surface area contributed by atoms with Gasteiger partial charge >= 0.3 is 0 Å². The third-order valence-electron chi connectivity index (χ3n) is 3.30. The lowest BCUT2D eigenvalue weighted by Gasteiger charge is -2.36. The Balaban J connectivity index is 1.85. The van der Waals surface area contributed by atoms with Crippen molar-refractivity contribution in [3.8, 4) is 0 Å². The molecule has 19 heavy (non-hydrogen) atoms. The molecule has 1 unspecified atom stereocenters. The molecule has 0 aromatic carbocycles. The summed E-state index contributed by atoms with van der Waals surface area (Å²) in [6, 6.07) is 0. The molecule has 8 nitrogen and oxygen atoms in total. The molecule has 1 fully saturated rings. The highest BCUT2D eigenvalue weighted by molar-refractivity contribution is 5.91. The van der Waals surface area contributed by atoms with E-state index in [-0.39, 0.29) is 5.69 Å². The van der Waals surface area contributed by atoms with E-state index in [0.717, 1.165) is 25.9 Å². The summed E-state index contributed by atoms with van der Waals surface area (Å²) in [5, 5.41) is 17.6. The Morgan fingerprint density at radius 3 is 3.11 bits per heavy atom. The molecule has 1 aromatic heterocycles. The van der Waals surface area contributed by atoms with Crippen molar-refractivity contribution in [2.45, 2.75) is 31.9 Å². The molecular weight excluding hydrogens is 248 g/mol. The van der Waals surface area contributed by atoms with Gasteiger partial charge in [-0.05, 0) is 26.3 Å². The average Bonchev–Trinajstić information content (AvgIpc) is 2.83. The third kappa shape index (κ3) is 3.72. The van der Waals surface area contributed by atoms with Crippen LogP contribution in [0.25, 0.3) is 0 Å². The summed E-state index contributed by atoms with van der Waals surface area (Å²) in [6.07, 6.45) is 3.39. The molecule has 0 radical (unpaired) electrons. The van der Waals surface area contributed by atoms with E-state index in [1.165, 1.54) is 0 Å². The molecule has 0 aliphatic carbocycles. The SMILES string of the molecule is CC1(O)CCCN(CCn2cc(C(=O)NN)nn2)C1. The largest absolute Gasteiger partial charge is 0.389 e. The number of nitrogen functional groups attached to an aromatic ring is 1. The minimum atomic E-state index is -0.606. The van der Waals surface area contributed by atoms with E-state index >= 15 is 0 Å². The van der Waals surface area contributed by atoms with Crippen LogP contribution in [0.5, 0.6) is 0 Å². The number of amides is 1. The molecule has 1 aliphatic heterocycles. The van der Waals surface area contributed by atoms with Crippen LogP contribution >= 0.6 is 0 Å². The van der Waals surface area contributed by atoms with Crippen molar-refractivity contribution in [1.82, 2.24) is 25.3 Å². The van der Waals surface area contributed by atoms with Gasteiger partial charge in [-0.25, -0.2) is 5.84 Å². The second-order valence-corrected chi connectivity index (χ2v) is 5.22. The molecule has 1 saturated heterocycles. The minimum absolute atomic E-state index is 0.202. The van der Waals surface area contributed by atoms with Crippen molar-refractivity contribution >= 4 is 5.91 Å². The number of likely N-dealkylation sites (tertiary alicyclic amines) is 1. The number of rotatable bonds is 4. The van der Waals surface area contributed by atoms with E-state index in [2.05, 4.69) is 15.2 Å². The first-order chi connectivity index (χ1) is 9.00. The summed E-state index contributed by atoms with van der Waals surface area (Å²) in [6.45, 7) is 4.89. The number of nitrogens with zero attached hydrogens (tertiary/aromatic N) is 4. The highest BCUT2D eigenvalue weighted by atomic mass is 16.3. The number of hydrogen-bond acceptors (Lipinski definition) is 6. The first-order valence-electron chi connectivity index (χ1n) is 6.36. The molecule has 0 bridgehead atoms. The third-order valence-corrected chi connectivity index (χ3v) is 3.30. The number of hydrazine groups is 1. The van der Waals surface area contributed by atoms with Crippen LogP contribution in [0.2, 0.25) is 0 Å². The Bertz CT molecular complexity index is 444. The van der Waals surface area contributed by atoms with Crippen LogP contribution in [0.4, 0.5) is 0 Å². The summed E-state index contributed by atoms with van der Waals surface area (Å²) < 4.78 is 1.61. The maximum absolute atomic E-state index is 11.2. The van der Waals surface area contributed by atoms with Crippen LogP contribution in [0, 0.1) is 0 Å². The molecule has 8 heteroatoms. The van der Waals surface area contributed by atoms with Crippen LogP contribution in [-0.2, 0) is 6.54 Å². The predicted octanol–water partition coefficient (Wildman–Crippen LogP) is -1.27. The first-order valence-corrected chi connectivity index (χ1v) is 6.36. The van der Waals surface area contributed by atoms with E-state index in [4.69, 9.17) is 5.84 Å². The monoisotopic (exact) mass is 268 g/mol. The van der Waals surface area contributed by atoms with E-state index in [9.17, 15) is 9.90 Å². The number of aliphatic hydroxyl groups is 1. The lowest BCUT2D eigenvalue weighted by molar-refractivity contribution is -0.0165. The Hall–Kier alpha value is -1.51. The maximum Gasteiger partial charge on any atom is 0.287 e. The fourth-order valence-corrected chi connectivity index (χ4v) is 2.34. The smallest absolute Gasteiger partial charge is 0.287 e. The fourth-order valence-electron chi connectivity index (χ4n) is 2.34. The highest BCUT2D eigenvalue weighted by Crippen LogP contribution is 2.19. The lowest BCUT2D eigenvalue weighted by Crippen LogP contribution is -2.46. The standard InChI is InChI=1S/C11H20N6O2/c1-11(19)3-2-4-16(8-11)5-6-17-7-9(14-15-17)10(18)13-12/h7,19H,2-6,8,12H2,1H3,(H,13,18). The van der Waals surface area contributed by atoms with E-state index < -0.39 is 11.5 Å². The number of carbonyl (C=O) groups is 1. The zero-order chi connectivity index (χ0) is 13.9. The van der Waals surface area contributed by atoms with Gasteiger partial charge in [-0.15, -0.1) is 5.10 Å². The number of carbonyl (C=O) groups excluding carboxylic acids is 1. The summed E-state index contributed by atoms with van der Waals surface area (Å²) in [5.74, 6) is 4.57. The van der Waals surface area contributed by atoms with Crippen molar-refractivity contribution < 1.29 is 9.90 Å². The predicted molar refractivity (Wildman–Crippen MR) is 68.0 cm³/mol. The van der Waals surface area contributed by atoms with Crippen LogP contribution in [0.15, 0.2) is 6.20 Å². The quantitative estimate of drug-likeness (QED) is 0.357. The first kappa shape index (κ1) is 13.9. The molecule has 1 aromatic rings. The molecule has 1 aliphatic rings. The van der Waals surface area contributed by atoms with Crippen molar-refractivity contribution in [3.05, 3.63) is 11.9 Å². The molecule has 2 heterocycles. The zero-order valence-electron chi connectivity index (χ0n) is 11.0. The molecule has 0 spiro atoms. The van der Waals surface area contributed by atoms with Gasteiger partial charge in [-0.1, -0.05) is 5.21 Å². The highest BCUT2D eigenvalue weighted by Gasteiger charge is 2.27. The van der Waals surface area contributed by atoms with Gasteiger partial charge < -0.3 is 5.11 Å². The van der Waals surface area contributed by atoms with Crippen LogP contribution in [0.3, 0.4) is 0 Å². The Morgan fingerprint density at radius 1 is 1.63 bits per heavy atom. The van der Waals surface area contributed by atoms with Gasteiger partial charge in [-0.2, -0.15) is 0 Å². The van der Waals surface area contributed by atoms with E-state index in [0.29, 0.717) is 13.1 Å². The van der Waals surface area contributed by atoms with Gasteiger partial charge in [-0.3, -0.25) is 19.8 Å². The van der Waals surface area contributed by atoms with Crippen LogP contribution in [-0.4, -0.2) is 56.1 Å². The number of nitrogens with two attached hydrogens (primary N) is 1. The maximum atomic E-state index is 11.2. The summed E-state index contributed by atoms with van der Waals surface area (Å²) in [5.41, 5.74) is 1.61. The Morgan fingerprint density at radius 2 is 2.42 bits per heavy atom. The minimum Gasteiger partial charge on any atom is -0.389 e. The molecular formula is C11H20N6O2. The summed E-state index contributed by atoms with van der Waals surface area (Å²) in [7, 11) is 0. The average molecular weight is 268 g/mol. The molecule has 106 valence electrons. The van der Waals surface area contributed by atoms with E-state index in [1.54, 1.807) is 10.9 Å². The van der Waals surface area contributed by atoms with Crippen LogP contribution in [0.1, 0.15) is 30.3 Å². The van der Waals surface area contributed by atoms with E-state index in [1.807, 2.05) is 12.3 Å². The van der Waals surface area contributed by atoms with Crippen LogP contribution < -0.4 is 11.3 Å². The normalized spacial score (nSPS) is 24.4. The number of piperidine rings is 1. The molecule has 0 saturated carbocycles. The Kier molecular flexibility index (Phi) is 4.13. The second kappa shape index (κ2) is 5.64. The zero-order valence-corrected chi connectivity index (χ0v) is 11.0. The molecule has 4 N–H and O–H groups in total. The Labute approximate surface area is 111 Å². The second-order valence-electron chi connectivity index (χ2n) is 5.22. The number of aromatic nitrogens is 3. The van der Waals surface area contributed by atoms with Crippen molar-refractivity contribution in [3.63, 3.8) is 0 Å². The van der Waals surface area contributed by atoms with Gasteiger partial charge in [0.25, 0.3) is 5.91 Å².